The van der Waals surface area contributed by atoms with E-state index in [0.29, 0.717) is 0 Å². The zero-order valence-electron chi connectivity index (χ0n) is 7.09. The van der Waals surface area contributed by atoms with Crippen LogP contribution in [0.4, 0.5) is 0 Å². The molecule has 5 atom stereocenters. The van der Waals surface area contributed by atoms with Crippen molar-refractivity contribution in [3.63, 3.8) is 0 Å². The summed E-state index contributed by atoms with van der Waals surface area (Å²) in [6.07, 6.45) is -2.59. The highest BCUT2D eigenvalue weighted by Crippen LogP contribution is 2.27. The molecule has 0 aromatic carbocycles. The predicted molar refractivity (Wildman–Crippen MR) is 42.4 cm³/mol. The normalized spacial score (nSPS) is 45.8. The third kappa shape index (κ3) is 1.95. The molecule has 0 amide bonds. The molecular weight excluding hydrogens is 160 g/mol. The summed E-state index contributed by atoms with van der Waals surface area (Å²) in [5, 5.41) is 37.0. The first-order valence-corrected chi connectivity index (χ1v) is 4.24. The van der Waals surface area contributed by atoms with E-state index in [1.165, 1.54) is 0 Å². The van der Waals surface area contributed by atoms with E-state index in [1.54, 1.807) is 6.92 Å². The zero-order valence-corrected chi connectivity index (χ0v) is 7.09. The lowest BCUT2D eigenvalue weighted by molar-refractivity contribution is -0.102. The van der Waals surface area contributed by atoms with Crippen molar-refractivity contribution < 1.29 is 20.4 Å². The largest absolute Gasteiger partial charge is 0.393 e. The summed E-state index contributed by atoms with van der Waals surface area (Å²) in [5.74, 6) is -0.316. The van der Waals surface area contributed by atoms with E-state index in [0.717, 1.165) is 0 Å². The minimum absolute atomic E-state index is 0.150. The Hall–Kier alpha value is -0.160. The van der Waals surface area contributed by atoms with E-state index >= 15 is 0 Å². The maximum atomic E-state index is 9.40. The zero-order chi connectivity index (χ0) is 9.30. The molecule has 1 fully saturated rings. The van der Waals surface area contributed by atoms with Crippen molar-refractivity contribution in [1.82, 2.24) is 0 Å². The van der Waals surface area contributed by atoms with Crippen LogP contribution in [-0.2, 0) is 0 Å². The van der Waals surface area contributed by atoms with Gasteiger partial charge < -0.3 is 20.4 Å². The third-order valence-electron chi connectivity index (χ3n) is 2.55. The van der Waals surface area contributed by atoms with Crippen LogP contribution in [0, 0.1) is 5.92 Å². The first-order valence-electron chi connectivity index (χ1n) is 4.24. The molecule has 0 heterocycles. The van der Waals surface area contributed by atoms with Crippen molar-refractivity contribution in [2.24, 2.45) is 5.92 Å². The molecule has 0 saturated heterocycles. The van der Waals surface area contributed by atoms with Crippen molar-refractivity contribution in [3.8, 4) is 0 Å². The summed E-state index contributed by atoms with van der Waals surface area (Å²) < 4.78 is 0. The molecule has 0 spiro atoms. The van der Waals surface area contributed by atoms with E-state index in [9.17, 15) is 15.3 Å². The van der Waals surface area contributed by atoms with Crippen LogP contribution >= 0.6 is 0 Å². The standard InChI is InChI=1S/C8H16O4/c1-4(9)5-2-7(11)8(12)3-6(5)10/h4-12H,2-3H2,1H3/t4-,5+,6+,7+,8-/m0/s1. The first kappa shape index (κ1) is 9.92. The molecule has 4 N–H and O–H groups in total. The highest BCUT2D eigenvalue weighted by molar-refractivity contribution is 4.87. The van der Waals surface area contributed by atoms with Crippen LogP contribution in [0.1, 0.15) is 19.8 Å². The lowest BCUT2D eigenvalue weighted by Crippen LogP contribution is -2.45. The van der Waals surface area contributed by atoms with Gasteiger partial charge in [-0.05, 0) is 13.3 Å². The molecule has 1 rings (SSSR count). The molecule has 0 aliphatic heterocycles. The van der Waals surface area contributed by atoms with Gasteiger partial charge in [0.25, 0.3) is 0 Å². The Balaban J connectivity index is 2.55. The second kappa shape index (κ2) is 3.70. The average molecular weight is 176 g/mol. The number of hydrogen-bond acceptors (Lipinski definition) is 4. The van der Waals surface area contributed by atoms with Crippen molar-refractivity contribution in [1.29, 1.82) is 0 Å². The quantitative estimate of drug-likeness (QED) is 0.407. The topological polar surface area (TPSA) is 80.9 Å². The van der Waals surface area contributed by atoms with Gasteiger partial charge in [0.15, 0.2) is 0 Å². The molecule has 0 aromatic rings. The SMILES string of the molecule is C[C@H](O)[C@H]1C[C@@H](O)[C@@H](O)C[C@H]1O. The predicted octanol–water partition coefficient (Wildman–Crippen LogP) is -1.14. The highest BCUT2D eigenvalue weighted by atomic mass is 16.3. The molecule has 1 aliphatic rings. The Morgan fingerprint density at radius 1 is 1.00 bits per heavy atom. The van der Waals surface area contributed by atoms with Crippen molar-refractivity contribution >= 4 is 0 Å². The summed E-state index contributed by atoms with van der Waals surface area (Å²) in [5.41, 5.74) is 0. The first-order chi connectivity index (χ1) is 5.52. The van der Waals surface area contributed by atoms with Crippen molar-refractivity contribution in [3.05, 3.63) is 0 Å². The van der Waals surface area contributed by atoms with Crippen LogP contribution in [0.25, 0.3) is 0 Å². The Morgan fingerprint density at radius 2 is 1.50 bits per heavy atom. The van der Waals surface area contributed by atoms with Crippen LogP contribution in [-0.4, -0.2) is 44.8 Å². The minimum atomic E-state index is -0.852. The molecule has 0 radical (unpaired) electrons. The number of rotatable bonds is 1. The van der Waals surface area contributed by atoms with E-state index in [1.807, 2.05) is 0 Å². The maximum absolute atomic E-state index is 9.40. The van der Waals surface area contributed by atoms with Gasteiger partial charge in [-0.25, -0.2) is 0 Å². The fourth-order valence-electron chi connectivity index (χ4n) is 1.69. The smallest absolute Gasteiger partial charge is 0.0823 e. The molecule has 1 aliphatic carbocycles. The van der Waals surface area contributed by atoms with Gasteiger partial charge in [0.1, 0.15) is 0 Å². The third-order valence-corrected chi connectivity index (χ3v) is 2.55. The van der Waals surface area contributed by atoms with E-state index in [4.69, 9.17) is 5.11 Å². The number of hydrogen-bond donors (Lipinski definition) is 4. The van der Waals surface area contributed by atoms with Crippen LogP contribution < -0.4 is 0 Å². The van der Waals surface area contributed by atoms with Gasteiger partial charge >= 0.3 is 0 Å². The Bertz CT molecular complexity index is 148. The average Bonchev–Trinajstić information content (AvgIpc) is 1.96. The maximum Gasteiger partial charge on any atom is 0.0823 e. The second-order valence-electron chi connectivity index (χ2n) is 3.58. The van der Waals surface area contributed by atoms with Crippen molar-refractivity contribution in [2.75, 3.05) is 0 Å². The van der Waals surface area contributed by atoms with Gasteiger partial charge in [-0.15, -0.1) is 0 Å². The van der Waals surface area contributed by atoms with E-state index in [-0.39, 0.29) is 18.8 Å². The fraction of sp³-hybridized carbons (Fsp3) is 1.00. The van der Waals surface area contributed by atoms with E-state index in [2.05, 4.69) is 0 Å². The lowest BCUT2D eigenvalue weighted by Gasteiger charge is -2.35. The van der Waals surface area contributed by atoms with Crippen LogP contribution in [0.5, 0.6) is 0 Å². The Kier molecular flexibility index (Phi) is 3.06. The fourth-order valence-corrected chi connectivity index (χ4v) is 1.69. The minimum Gasteiger partial charge on any atom is -0.393 e. The Labute approximate surface area is 71.5 Å². The molecule has 0 bridgehead atoms. The van der Waals surface area contributed by atoms with Gasteiger partial charge in [0.2, 0.25) is 0 Å². The van der Waals surface area contributed by atoms with Crippen LogP contribution in [0.3, 0.4) is 0 Å². The summed E-state index contributed by atoms with van der Waals surface area (Å²) in [6, 6.07) is 0. The second-order valence-corrected chi connectivity index (χ2v) is 3.58. The summed E-state index contributed by atoms with van der Waals surface area (Å²) in [4.78, 5) is 0. The molecule has 12 heavy (non-hydrogen) atoms. The van der Waals surface area contributed by atoms with Gasteiger partial charge in [0.05, 0.1) is 24.4 Å². The Morgan fingerprint density at radius 3 is 2.00 bits per heavy atom. The molecular formula is C8H16O4. The molecule has 4 heteroatoms. The number of aliphatic hydroxyl groups is 4. The van der Waals surface area contributed by atoms with Gasteiger partial charge in [0, 0.05) is 12.3 Å². The summed E-state index contributed by atoms with van der Waals surface area (Å²) in [6.45, 7) is 1.58. The molecule has 4 nitrogen and oxygen atoms in total. The number of aliphatic hydroxyl groups excluding tert-OH is 4. The van der Waals surface area contributed by atoms with Gasteiger partial charge in [-0.2, -0.15) is 0 Å². The van der Waals surface area contributed by atoms with Gasteiger partial charge in [-0.3, -0.25) is 0 Å². The highest BCUT2D eigenvalue weighted by Gasteiger charge is 2.36. The van der Waals surface area contributed by atoms with E-state index < -0.39 is 24.4 Å². The summed E-state index contributed by atoms with van der Waals surface area (Å²) in [7, 11) is 0. The van der Waals surface area contributed by atoms with Crippen LogP contribution in [0.2, 0.25) is 0 Å². The summed E-state index contributed by atoms with van der Waals surface area (Å²) >= 11 is 0. The van der Waals surface area contributed by atoms with Gasteiger partial charge in [-0.1, -0.05) is 0 Å². The molecule has 0 unspecified atom stereocenters. The monoisotopic (exact) mass is 176 g/mol. The van der Waals surface area contributed by atoms with Crippen molar-refractivity contribution in [2.45, 2.75) is 44.2 Å². The molecule has 72 valence electrons. The van der Waals surface area contributed by atoms with Crippen LogP contribution in [0.15, 0.2) is 0 Å². The lowest BCUT2D eigenvalue weighted by atomic mass is 9.80. The molecule has 0 aromatic heterocycles. The molecule has 1 saturated carbocycles.